The number of nitrogens with zero attached hydrogens (tertiary/aromatic N) is 3. The normalized spacial score (nSPS) is 12.2. The zero-order valence-electron chi connectivity index (χ0n) is 10.3. The molecule has 6 nitrogen and oxygen atoms in total. The van der Waals surface area contributed by atoms with Gasteiger partial charge in [-0.05, 0) is 33.2 Å². The van der Waals surface area contributed by atoms with Crippen LogP contribution in [0.4, 0.5) is 0 Å². The van der Waals surface area contributed by atoms with Crippen LogP contribution in [0.3, 0.4) is 0 Å². The zero-order valence-corrected chi connectivity index (χ0v) is 11.2. The summed E-state index contributed by atoms with van der Waals surface area (Å²) < 4.78 is 24.8. The molecule has 0 fully saturated rings. The highest BCUT2D eigenvalue weighted by Gasteiger charge is 2.16. The van der Waals surface area contributed by atoms with Crippen molar-refractivity contribution in [1.29, 1.82) is 0 Å². The van der Waals surface area contributed by atoms with Crippen LogP contribution >= 0.6 is 0 Å². The van der Waals surface area contributed by atoms with Crippen LogP contribution in [0.5, 0.6) is 0 Å². The largest absolute Gasteiger partial charge is 0.330 e. The van der Waals surface area contributed by atoms with Crippen molar-refractivity contribution in [3.05, 3.63) is 11.9 Å². The Labute approximate surface area is 102 Å². The summed E-state index contributed by atoms with van der Waals surface area (Å²) in [5.41, 5.74) is 6.26. The molecule has 1 rings (SSSR count). The maximum atomic E-state index is 11.6. The van der Waals surface area contributed by atoms with Gasteiger partial charge in [-0.25, -0.2) is 8.42 Å². The summed E-state index contributed by atoms with van der Waals surface area (Å²) >= 11 is 0. The summed E-state index contributed by atoms with van der Waals surface area (Å²) in [5, 5.41) is 7.51. The predicted octanol–water partition coefficient (Wildman–Crippen LogP) is -0.00740. The lowest BCUT2D eigenvalue weighted by Crippen LogP contribution is -2.21. The van der Waals surface area contributed by atoms with Crippen LogP contribution in [0.2, 0.25) is 0 Å². The van der Waals surface area contributed by atoms with Gasteiger partial charge in [-0.1, -0.05) is 5.21 Å². The molecule has 0 spiro atoms. The number of aryl methyl sites for hydroxylation is 2. The number of rotatable bonds is 7. The number of nitrogens with two attached hydrogens (primary N) is 1. The van der Waals surface area contributed by atoms with Crippen LogP contribution in [-0.4, -0.2) is 41.0 Å². The molecule has 0 unspecified atom stereocenters. The Bertz CT molecular complexity index is 439. The monoisotopic (exact) mass is 260 g/mol. The molecule has 0 aliphatic heterocycles. The fraction of sp³-hybridized carbons (Fsp3) is 0.800. The van der Waals surface area contributed by atoms with E-state index < -0.39 is 9.84 Å². The number of hydrogen-bond donors (Lipinski definition) is 1. The molecule has 0 saturated carbocycles. The Morgan fingerprint density at radius 3 is 2.76 bits per heavy atom. The zero-order chi connectivity index (χ0) is 12.9. The maximum Gasteiger partial charge on any atom is 0.154 e. The summed E-state index contributed by atoms with van der Waals surface area (Å²) in [6.07, 6.45) is 3.43. The van der Waals surface area contributed by atoms with Crippen molar-refractivity contribution in [3.8, 4) is 0 Å². The van der Waals surface area contributed by atoms with Crippen LogP contribution in [0.1, 0.15) is 26.0 Å². The number of sulfone groups is 1. The summed E-state index contributed by atoms with van der Waals surface area (Å²) in [5.74, 6) is 0.102. The van der Waals surface area contributed by atoms with E-state index in [0.717, 1.165) is 18.5 Å². The van der Waals surface area contributed by atoms with E-state index in [1.807, 2.05) is 0 Å². The van der Waals surface area contributed by atoms with E-state index in [1.54, 1.807) is 24.7 Å². The third-order valence-corrected chi connectivity index (χ3v) is 4.73. The minimum absolute atomic E-state index is 0.102. The van der Waals surface area contributed by atoms with Crippen LogP contribution in [0.15, 0.2) is 6.20 Å². The quantitative estimate of drug-likeness (QED) is 0.744. The van der Waals surface area contributed by atoms with E-state index in [0.29, 0.717) is 13.1 Å². The molecule has 17 heavy (non-hydrogen) atoms. The van der Waals surface area contributed by atoms with E-state index >= 15 is 0 Å². The maximum absolute atomic E-state index is 11.6. The standard InChI is InChI=1S/C10H20N4O2S/c1-9(2)17(15,16)7-6-14-8-10(12-13-14)4-3-5-11/h8-9H,3-7,11H2,1-2H3. The fourth-order valence-corrected chi connectivity index (χ4v) is 2.21. The van der Waals surface area contributed by atoms with Crippen LogP contribution in [-0.2, 0) is 22.8 Å². The molecule has 0 aromatic carbocycles. The fourth-order valence-electron chi connectivity index (χ4n) is 1.30. The van der Waals surface area contributed by atoms with Crippen molar-refractivity contribution in [2.45, 2.75) is 38.5 Å². The van der Waals surface area contributed by atoms with Gasteiger partial charge in [0.1, 0.15) is 0 Å². The van der Waals surface area contributed by atoms with E-state index in [4.69, 9.17) is 5.73 Å². The molecule has 1 aromatic heterocycles. The molecule has 0 atom stereocenters. The van der Waals surface area contributed by atoms with E-state index in [9.17, 15) is 8.42 Å². The van der Waals surface area contributed by atoms with Gasteiger partial charge in [0.25, 0.3) is 0 Å². The first-order chi connectivity index (χ1) is 7.95. The average molecular weight is 260 g/mol. The van der Waals surface area contributed by atoms with Crippen molar-refractivity contribution in [1.82, 2.24) is 15.0 Å². The lowest BCUT2D eigenvalue weighted by Gasteiger charge is -2.06. The topological polar surface area (TPSA) is 90.9 Å². The second kappa shape index (κ2) is 6.11. The second-order valence-corrected chi connectivity index (χ2v) is 6.96. The number of hydrogen-bond acceptors (Lipinski definition) is 5. The lowest BCUT2D eigenvalue weighted by atomic mass is 10.2. The first-order valence-electron chi connectivity index (χ1n) is 5.76. The lowest BCUT2D eigenvalue weighted by molar-refractivity contribution is 0.568. The molecule has 1 aromatic rings. The highest BCUT2D eigenvalue weighted by molar-refractivity contribution is 7.91. The van der Waals surface area contributed by atoms with Crippen LogP contribution in [0, 0.1) is 0 Å². The van der Waals surface area contributed by atoms with E-state index in [2.05, 4.69) is 10.3 Å². The van der Waals surface area contributed by atoms with Crippen molar-refractivity contribution in [2.24, 2.45) is 5.73 Å². The van der Waals surface area contributed by atoms with Gasteiger partial charge in [0.05, 0.1) is 23.2 Å². The third kappa shape index (κ3) is 4.43. The summed E-state index contributed by atoms with van der Waals surface area (Å²) in [6.45, 7) is 4.34. The molecule has 1 heterocycles. The van der Waals surface area contributed by atoms with Gasteiger partial charge in [0.15, 0.2) is 9.84 Å². The van der Waals surface area contributed by atoms with E-state index in [-0.39, 0.29) is 11.0 Å². The van der Waals surface area contributed by atoms with Crippen molar-refractivity contribution in [3.63, 3.8) is 0 Å². The summed E-state index contributed by atoms with van der Waals surface area (Å²) in [7, 11) is -3.01. The van der Waals surface area contributed by atoms with Gasteiger partial charge in [0, 0.05) is 6.20 Å². The molecular formula is C10H20N4O2S. The minimum Gasteiger partial charge on any atom is -0.330 e. The van der Waals surface area contributed by atoms with Gasteiger partial charge >= 0.3 is 0 Å². The molecule has 2 N–H and O–H groups in total. The molecular weight excluding hydrogens is 240 g/mol. The molecule has 0 aliphatic rings. The summed E-state index contributed by atoms with van der Waals surface area (Å²) in [6, 6.07) is 0. The molecule has 0 saturated heterocycles. The molecule has 0 amide bonds. The Balaban J connectivity index is 2.50. The molecule has 0 bridgehead atoms. The van der Waals surface area contributed by atoms with Gasteiger partial charge in [-0.2, -0.15) is 0 Å². The second-order valence-electron chi connectivity index (χ2n) is 4.28. The first kappa shape index (κ1) is 14.1. The highest BCUT2D eigenvalue weighted by Crippen LogP contribution is 2.03. The van der Waals surface area contributed by atoms with Gasteiger partial charge < -0.3 is 5.73 Å². The average Bonchev–Trinajstić information content (AvgIpc) is 2.71. The van der Waals surface area contributed by atoms with Gasteiger partial charge in [-0.3, -0.25) is 4.68 Å². The Hall–Kier alpha value is -0.950. The first-order valence-corrected chi connectivity index (χ1v) is 7.48. The third-order valence-electron chi connectivity index (χ3n) is 2.55. The Kier molecular flexibility index (Phi) is 5.07. The summed E-state index contributed by atoms with van der Waals surface area (Å²) in [4.78, 5) is 0. The molecule has 0 aliphatic carbocycles. The Morgan fingerprint density at radius 1 is 1.47 bits per heavy atom. The molecule has 98 valence electrons. The molecule has 7 heteroatoms. The van der Waals surface area contributed by atoms with Gasteiger partial charge in [0.2, 0.25) is 0 Å². The van der Waals surface area contributed by atoms with E-state index in [1.165, 1.54) is 0 Å². The minimum atomic E-state index is -3.01. The van der Waals surface area contributed by atoms with Crippen LogP contribution < -0.4 is 5.73 Å². The van der Waals surface area contributed by atoms with Gasteiger partial charge in [-0.15, -0.1) is 5.10 Å². The smallest absolute Gasteiger partial charge is 0.154 e. The number of aromatic nitrogens is 3. The van der Waals surface area contributed by atoms with Crippen molar-refractivity contribution >= 4 is 9.84 Å². The highest BCUT2D eigenvalue weighted by atomic mass is 32.2. The van der Waals surface area contributed by atoms with Crippen molar-refractivity contribution in [2.75, 3.05) is 12.3 Å². The molecule has 0 radical (unpaired) electrons. The van der Waals surface area contributed by atoms with Crippen LogP contribution in [0.25, 0.3) is 0 Å². The predicted molar refractivity (Wildman–Crippen MR) is 66.3 cm³/mol. The van der Waals surface area contributed by atoms with Crippen molar-refractivity contribution < 1.29 is 8.42 Å². The Morgan fingerprint density at radius 2 is 2.18 bits per heavy atom. The SMILES string of the molecule is CC(C)S(=O)(=O)CCn1cc(CCCN)nn1.